The largest absolute Gasteiger partial charge is 0.371 e. The van der Waals surface area contributed by atoms with Crippen molar-refractivity contribution < 1.29 is 13.3 Å². The van der Waals surface area contributed by atoms with E-state index in [0.717, 1.165) is 37.9 Å². The third-order valence-corrected chi connectivity index (χ3v) is 6.52. The van der Waals surface area contributed by atoms with E-state index in [0.29, 0.717) is 11.8 Å². The Morgan fingerprint density at radius 3 is 2.48 bits per heavy atom. The first-order chi connectivity index (χ1) is 12.8. The van der Waals surface area contributed by atoms with Crippen LogP contribution >= 0.6 is 0 Å². The highest BCUT2D eigenvalue weighted by Crippen LogP contribution is 2.38. The average molecular weight is 388 g/mol. The topological polar surface area (TPSA) is 80.5 Å². The molecular formula is C20H24N2O4S. The summed E-state index contributed by atoms with van der Waals surface area (Å²) in [4.78, 5) is 12.5. The number of hydrogen-bond donors (Lipinski definition) is 0. The number of nitrogens with zero attached hydrogens (tertiary/aromatic N) is 2. The average Bonchev–Trinajstić information content (AvgIpc) is 2.67. The Balaban J connectivity index is 1.89. The van der Waals surface area contributed by atoms with Gasteiger partial charge in [-0.1, -0.05) is 43.7 Å². The summed E-state index contributed by atoms with van der Waals surface area (Å²) < 4.78 is 24.1. The van der Waals surface area contributed by atoms with Crippen molar-refractivity contribution in [3.8, 4) is 0 Å². The first-order valence-electron chi connectivity index (χ1n) is 9.09. The number of piperidine rings is 1. The lowest BCUT2D eigenvalue weighted by Crippen LogP contribution is -2.39. The van der Waals surface area contributed by atoms with E-state index < -0.39 is 14.8 Å². The van der Waals surface area contributed by atoms with Crippen molar-refractivity contribution in [2.75, 3.05) is 24.2 Å². The molecule has 1 aliphatic heterocycles. The minimum atomic E-state index is -3.68. The summed E-state index contributed by atoms with van der Waals surface area (Å²) >= 11 is 0. The van der Waals surface area contributed by atoms with Crippen molar-refractivity contribution in [1.29, 1.82) is 0 Å². The number of benzene rings is 2. The number of sulfone groups is 1. The first-order valence-corrected chi connectivity index (χ1v) is 11.0. The van der Waals surface area contributed by atoms with Crippen LogP contribution in [0.4, 0.5) is 11.4 Å². The molecule has 7 heteroatoms. The maximum atomic E-state index is 12.0. The normalized spacial score (nSPS) is 20.4. The van der Waals surface area contributed by atoms with Crippen LogP contribution in [0.3, 0.4) is 0 Å². The van der Waals surface area contributed by atoms with Crippen LogP contribution in [-0.4, -0.2) is 32.7 Å². The number of rotatable bonds is 5. The van der Waals surface area contributed by atoms with Crippen LogP contribution in [0, 0.1) is 16.0 Å². The fourth-order valence-corrected chi connectivity index (χ4v) is 4.82. The highest BCUT2D eigenvalue weighted by atomic mass is 32.2. The summed E-state index contributed by atoms with van der Waals surface area (Å²) in [7, 11) is -3.68. The van der Waals surface area contributed by atoms with Crippen LogP contribution in [0.25, 0.3) is 0 Å². The molecule has 2 atom stereocenters. The standard InChI is InChI=1S/C20H24N2O4S/c1-3-15-14-21(12-11-18(15)16-7-5-4-6-8-16)17-9-10-19(22(23)24)20(13-17)27(2,25)26/h4-10,13,15,18H,3,11-12,14H2,1-2H3. The second-order valence-electron chi connectivity index (χ2n) is 7.10. The molecule has 0 aliphatic carbocycles. The van der Waals surface area contributed by atoms with Crippen LogP contribution in [0.2, 0.25) is 0 Å². The molecule has 1 aliphatic rings. The summed E-state index contributed by atoms with van der Waals surface area (Å²) in [6.07, 6.45) is 2.99. The second-order valence-corrected chi connectivity index (χ2v) is 9.09. The van der Waals surface area contributed by atoms with Gasteiger partial charge in [-0.25, -0.2) is 8.42 Å². The maximum absolute atomic E-state index is 12.0. The SMILES string of the molecule is CCC1CN(c2ccc([N+](=O)[O-])c(S(C)(=O)=O)c2)CCC1c1ccccc1. The van der Waals surface area contributed by atoms with Crippen molar-refractivity contribution in [1.82, 2.24) is 0 Å². The van der Waals surface area contributed by atoms with E-state index in [9.17, 15) is 18.5 Å². The minimum Gasteiger partial charge on any atom is -0.371 e. The molecule has 1 fully saturated rings. The summed E-state index contributed by atoms with van der Waals surface area (Å²) in [6.45, 7) is 3.76. The molecule has 1 saturated heterocycles. The van der Waals surface area contributed by atoms with Crippen molar-refractivity contribution in [3.63, 3.8) is 0 Å². The third kappa shape index (κ3) is 4.13. The van der Waals surface area contributed by atoms with Crippen LogP contribution in [-0.2, 0) is 9.84 Å². The van der Waals surface area contributed by atoms with E-state index in [1.807, 2.05) is 6.07 Å². The van der Waals surface area contributed by atoms with Crippen LogP contribution in [0.5, 0.6) is 0 Å². The summed E-state index contributed by atoms with van der Waals surface area (Å²) in [5, 5.41) is 11.2. The van der Waals surface area contributed by atoms with Gasteiger partial charge in [-0.2, -0.15) is 0 Å². The third-order valence-electron chi connectivity index (χ3n) is 5.39. The van der Waals surface area contributed by atoms with Crippen LogP contribution < -0.4 is 4.90 Å². The Hall–Kier alpha value is -2.41. The van der Waals surface area contributed by atoms with Crippen molar-refractivity contribution in [3.05, 3.63) is 64.2 Å². The number of hydrogen-bond acceptors (Lipinski definition) is 5. The van der Waals surface area contributed by atoms with Crippen molar-refractivity contribution in [2.45, 2.75) is 30.6 Å². The molecule has 3 rings (SSSR count). The first kappa shape index (κ1) is 19.4. The quantitative estimate of drug-likeness (QED) is 0.571. The molecule has 0 bridgehead atoms. The Labute approximate surface area is 159 Å². The number of nitro benzene ring substituents is 1. The molecule has 1 heterocycles. The van der Waals surface area contributed by atoms with Gasteiger partial charge in [-0.3, -0.25) is 10.1 Å². The highest BCUT2D eigenvalue weighted by Gasteiger charge is 2.31. The minimum absolute atomic E-state index is 0.219. The lowest BCUT2D eigenvalue weighted by Gasteiger charge is -2.40. The van der Waals surface area contributed by atoms with Crippen LogP contribution in [0.15, 0.2) is 53.4 Å². The summed E-state index contributed by atoms with van der Waals surface area (Å²) in [6, 6.07) is 14.9. The van der Waals surface area contributed by atoms with Gasteiger partial charge in [0, 0.05) is 31.1 Å². The molecule has 0 saturated carbocycles. The lowest BCUT2D eigenvalue weighted by molar-refractivity contribution is -0.387. The van der Waals surface area contributed by atoms with Crippen LogP contribution in [0.1, 0.15) is 31.2 Å². The second kappa shape index (κ2) is 7.68. The van der Waals surface area contributed by atoms with E-state index in [1.165, 1.54) is 17.7 Å². The molecule has 2 aromatic carbocycles. The lowest BCUT2D eigenvalue weighted by atomic mass is 9.79. The Bertz CT molecular complexity index is 928. The van der Waals surface area contributed by atoms with Crippen molar-refractivity contribution in [2.24, 2.45) is 5.92 Å². The molecule has 0 aromatic heterocycles. The number of nitro groups is 1. The zero-order valence-electron chi connectivity index (χ0n) is 15.5. The van der Waals surface area contributed by atoms with Gasteiger partial charge in [-0.15, -0.1) is 0 Å². The molecular weight excluding hydrogens is 364 g/mol. The smallest absolute Gasteiger partial charge is 0.288 e. The molecule has 6 nitrogen and oxygen atoms in total. The Kier molecular flexibility index (Phi) is 5.51. The molecule has 144 valence electrons. The monoisotopic (exact) mass is 388 g/mol. The predicted octanol–water partition coefficient (Wildman–Crippen LogP) is 4.02. The van der Waals surface area contributed by atoms with Gasteiger partial charge < -0.3 is 4.90 Å². The Morgan fingerprint density at radius 2 is 1.89 bits per heavy atom. The highest BCUT2D eigenvalue weighted by molar-refractivity contribution is 7.90. The molecule has 27 heavy (non-hydrogen) atoms. The molecule has 0 amide bonds. The molecule has 2 aromatic rings. The van der Waals surface area contributed by atoms with Gasteiger partial charge in [0.2, 0.25) is 0 Å². The molecule has 0 radical (unpaired) electrons. The van der Waals surface area contributed by atoms with E-state index in [1.54, 1.807) is 6.07 Å². The predicted molar refractivity (Wildman–Crippen MR) is 106 cm³/mol. The van der Waals surface area contributed by atoms with E-state index in [4.69, 9.17) is 0 Å². The molecule has 2 unspecified atom stereocenters. The summed E-state index contributed by atoms with van der Waals surface area (Å²) in [5.74, 6) is 0.915. The fraction of sp³-hybridized carbons (Fsp3) is 0.400. The zero-order chi connectivity index (χ0) is 19.6. The van der Waals surface area contributed by atoms with Gasteiger partial charge in [0.25, 0.3) is 5.69 Å². The van der Waals surface area contributed by atoms with Gasteiger partial charge in [-0.05, 0) is 36.0 Å². The van der Waals surface area contributed by atoms with E-state index in [-0.39, 0.29) is 10.6 Å². The van der Waals surface area contributed by atoms with Crippen molar-refractivity contribution >= 4 is 21.2 Å². The van der Waals surface area contributed by atoms with Gasteiger partial charge in [0.1, 0.15) is 4.90 Å². The number of anilines is 1. The van der Waals surface area contributed by atoms with E-state index in [2.05, 4.69) is 36.1 Å². The summed E-state index contributed by atoms with van der Waals surface area (Å²) in [5.41, 5.74) is 1.70. The Morgan fingerprint density at radius 1 is 1.19 bits per heavy atom. The molecule has 0 spiro atoms. The van der Waals surface area contributed by atoms with Gasteiger partial charge in [0.15, 0.2) is 9.84 Å². The molecule has 0 N–H and O–H groups in total. The van der Waals surface area contributed by atoms with Gasteiger partial charge >= 0.3 is 0 Å². The fourth-order valence-electron chi connectivity index (χ4n) is 3.97. The van der Waals surface area contributed by atoms with E-state index >= 15 is 0 Å². The zero-order valence-corrected chi connectivity index (χ0v) is 16.4. The maximum Gasteiger partial charge on any atom is 0.288 e. The van der Waals surface area contributed by atoms with Gasteiger partial charge in [0.05, 0.1) is 4.92 Å².